The van der Waals surface area contributed by atoms with Crippen LogP contribution in [0.15, 0.2) is 54.3 Å². The van der Waals surface area contributed by atoms with E-state index in [0.29, 0.717) is 12.0 Å². The van der Waals surface area contributed by atoms with Gasteiger partial charge in [0.15, 0.2) is 0 Å². The summed E-state index contributed by atoms with van der Waals surface area (Å²) >= 11 is 0. The number of carbonyl (C=O) groups is 1. The molecule has 1 unspecified atom stereocenters. The minimum Gasteiger partial charge on any atom is -0.512 e. The molecule has 1 fully saturated rings. The van der Waals surface area contributed by atoms with Crippen LogP contribution in [0.25, 0.3) is 0 Å². The Morgan fingerprint density at radius 1 is 1.18 bits per heavy atom. The van der Waals surface area contributed by atoms with Crippen LogP contribution in [0.3, 0.4) is 0 Å². The fourth-order valence-electron chi connectivity index (χ4n) is 3.67. The van der Waals surface area contributed by atoms with Gasteiger partial charge in [-0.1, -0.05) is 42.8 Å². The van der Waals surface area contributed by atoms with Gasteiger partial charge in [-0.15, -0.1) is 6.58 Å². The fraction of sp³-hybridized carbons (Fsp3) is 0.421. The molecule has 1 aliphatic carbocycles. The van der Waals surface area contributed by atoms with E-state index >= 15 is 0 Å². The number of rotatable bonds is 3. The van der Waals surface area contributed by atoms with Gasteiger partial charge in [0, 0.05) is 12.3 Å². The number of esters is 1. The van der Waals surface area contributed by atoms with Crippen LogP contribution in [-0.2, 0) is 9.53 Å². The van der Waals surface area contributed by atoms with Crippen LogP contribution in [0, 0.1) is 0 Å². The van der Waals surface area contributed by atoms with Crippen LogP contribution >= 0.6 is 0 Å². The molecule has 1 atom stereocenters. The Kier molecular flexibility index (Phi) is 4.06. The number of aliphatic hydroxyl groups excluding tert-OH is 1. The maximum Gasteiger partial charge on any atom is 0.338 e. The van der Waals surface area contributed by atoms with Crippen LogP contribution < -0.4 is 0 Å². The first kappa shape index (κ1) is 14.9. The van der Waals surface area contributed by atoms with Crippen LogP contribution in [-0.4, -0.2) is 16.7 Å². The molecule has 22 heavy (non-hydrogen) atoms. The zero-order valence-electron chi connectivity index (χ0n) is 12.8. The third-order valence-electron chi connectivity index (χ3n) is 4.80. The lowest BCUT2D eigenvalue weighted by atomic mass is 9.78. The van der Waals surface area contributed by atoms with E-state index in [1.54, 1.807) is 6.08 Å². The predicted octanol–water partition coefficient (Wildman–Crippen LogP) is 4.42. The first-order valence-electron chi connectivity index (χ1n) is 7.98. The predicted molar refractivity (Wildman–Crippen MR) is 85.6 cm³/mol. The largest absolute Gasteiger partial charge is 0.512 e. The third-order valence-corrected chi connectivity index (χ3v) is 4.80. The van der Waals surface area contributed by atoms with Crippen molar-refractivity contribution in [1.29, 1.82) is 0 Å². The number of benzene rings is 1. The van der Waals surface area contributed by atoms with Gasteiger partial charge in [0.2, 0.25) is 0 Å². The van der Waals surface area contributed by atoms with Gasteiger partial charge < -0.3 is 9.84 Å². The van der Waals surface area contributed by atoms with Crippen LogP contribution in [0.1, 0.15) is 50.0 Å². The molecule has 0 aromatic heterocycles. The Morgan fingerprint density at radius 2 is 1.86 bits per heavy atom. The second-order valence-corrected chi connectivity index (χ2v) is 6.29. The van der Waals surface area contributed by atoms with Crippen molar-refractivity contribution in [2.24, 2.45) is 0 Å². The van der Waals surface area contributed by atoms with E-state index in [1.807, 2.05) is 30.3 Å². The molecule has 0 bridgehead atoms. The third kappa shape index (κ3) is 2.68. The molecule has 1 heterocycles. The summed E-state index contributed by atoms with van der Waals surface area (Å²) in [7, 11) is 0. The average molecular weight is 298 g/mol. The summed E-state index contributed by atoms with van der Waals surface area (Å²) in [6, 6.07) is 9.63. The molecule has 1 aliphatic heterocycles. The molecule has 3 nitrogen and oxygen atoms in total. The molecule has 1 saturated carbocycles. The number of allylic oxidation sites excluding steroid dienone is 1. The number of carbonyl (C=O) groups excluding carboxylic acids is 1. The maximum absolute atomic E-state index is 12.6. The SMILES string of the molecule is C=CC(C1=C(O)CC2(CCCCC2)OC1=O)c1ccccc1. The Hall–Kier alpha value is -2.03. The normalized spacial score (nSPS) is 22.3. The van der Waals surface area contributed by atoms with Crippen LogP contribution in [0.4, 0.5) is 0 Å². The highest BCUT2D eigenvalue weighted by Crippen LogP contribution is 2.43. The quantitative estimate of drug-likeness (QED) is 0.664. The molecule has 1 aromatic carbocycles. The van der Waals surface area contributed by atoms with Gasteiger partial charge in [-0.05, 0) is 31.2 Å². The summed E-state index contributed by atoms with van der Waals surface area (Å²) in [4.78, 5) is 12.6. The fourth-order valence-corrected chi connectivity index (χ4v) is 3.67. The highest BCUT2D eigenvalue weighted by Gasteiger charge is 2.44. The van der Waals surface area contributed by atoms with Gasteiger partial charge in [-0.3, -0.25) is 0 Å². The van der Waals surface area contributed by atoms with Crippen molar-refractivity contribution in [1.82, 2.24) is 0 Å². The van der Waals surface area contributed by atoms with Gasteiger partial charge in [-0.2, -0.15) is 0 Å². The molecule has 0 saturated heterocycles. The second kappa shape index (κ2) is 5.99. The van der Waals surface area contributed by atoms with Gasteiger partial charge in [0.05, 0.1) is 5.57 Å². The summed E-state index contributed by atoms with van der Waals surface area (Å²) < 4.78 is 5.80. The van der Waals surface area contributed by atoms with Crippen LogP contribution in [0.5, 0.6) is 0 Å². The van der Waals surface area contributed by atoms with E-state index < -0.39 is 5.60 Å². The smallest absolute Gasteiger partial charge is 0.338 e. The molecule has 1 aromatic rings. The van der Waals surface area contributed by atoms with Crippen molar-refractivity contribution in [3.63, 3.8) is 0 Å². The van der Waals surface area contributed by atoms with E-state index in [-0.39, 0.29) is 17.6 Å². The summed E-state index contributed by atoms with van der Waals surface area (Å²) in [6.45, 7) is 3.83. The molecular weight excluding hydrogens is 276 g/mol. The van der Waals surface area contributed by atoms with Gasteiger partial charge in [0.1, 0.15) is 11.4 Å². The molecule has 1 spiro atoms. The summed E-state index contributed by atoms with van der Waals surface area (Å²) in [5.41, 5.74) is 0.804. The standard InChI is InChI=1S/C19H22O3/c1-2-15(14-9-5-3-6-10-14)17-16(20)13-19(22-18(17)21)11-7-4-8-12-19/h2-3,5-6,9-10,15,20H,1,4,7-8,11-13H2. The summed E-state index contributed by atoms with van der Waals surface area (Å²) in [6.07, 6.45) is 7.11. The number of aliphatic hydroxyl groups is 1. The van der Waals surface area contributed by atoms with Crippen molar-refractivity contribution in [2.45, 2.75) is 50.0 Å². The zero-order valence-corrected chi connectivity index (χ0v) is 12.8. The monoisotopic (exact) mass is 298 g/mol. The van der Waals surface area contributed by atoms with Crippen molar-refractivity contribution >= 4 is 5.97 Å². The molecule has 1 N–H and O–H groups in total. The Morgan fingerprint density at radius 3 is 2.45 bits per heavy atom. The van der Waals surface area contributed by atoms with E-state index in [9.17, 15) is 9.90 Å². The summed E-state index contributed by atoms with van der Waals surface area (Å²) in [5, 5.41) is 10.6. The highest BCUT2D eigenvalue weighted by atomic mass is 16.6. The molecule has 2 aliphatic rings. The van der Waals surface area contributed by atoms with E-state index in [4.69, 9.17) is 4.74 Å². The van der Waals surface area contributed by atoms with Crippen molar-refractivity contribution in [3.05, 3.63) is 59.9 Å². The first-order chi connectivity index (χ1) is 10.7. The lowest BCUT2D eigenvalue weighted by Crippen LogP contribution is -2.42. The minimum absolute atomic E-state index is 0.173. The minimum atomic E-state index is -0.481. The second-order valence-electron chi connectivity index (χ2n) is 6.29. The highest BCUT2D eigenvalue weighted by molar-refractivity contribution is 5.92. The number of hydrogen-bond donors (Lipinski definition) is 1. The topological polar surface area (TPSA) is 46.5 Å². The number of hydrogen-bond acceptors (Lipinski definition) is 3. The van der Waals surface area contributed by atoms with Gasteiger partial charge in [-0.25, -0.2) is 4.79 Å². The molecule has 116 valence electrons. The van der Waals surface area contributed by atoms with Crippen molar-refractivity contribution in [3.8, 4) is 0 Å². The number of ether oxygens (including phenoxy) is 1. The van der Waals surface area contributed by atoms with E-state index in [1.165, 1.54) is 6.42 Å². The van der Waals surface area contributed by atoms with E-state index in [2.05, 4.69) is 6.58 Å². The van der Waals surface area contributed by atoms with Gasteiger partial charge >= 0.3 is 5.97 Å². The maximum atomic E-state index is 12.6. The molecule has 3 heteroatoms. The zero-order chi connectivity index (χ0) is 15.6. The first-order valence-corrected chi connectivity index (χ1v) is 7.98. The summed E-state index contributed by atoms with van der Waals surface area (Å²) in [5.74, 6) is -0.541. The molecule has 0 radical (unpaired) electrons. The van der Waals surface area contributed by atoms with Gasteiger partial charge in [0.25, 0.3) is 0 Å². The average Bonchev–Trinajstić information content (AvgIpc) is 2.52. The molecular formula is C19H22O3. The van der Waals surface area contributed by atoms with Crippen LogP contribution in [0.2, 0.25) is 0 Å². The Labute approximate surface area is 131 Å². The van der Waals surface area contributed by atoms with Crippen molar-refractivity contribution in [2.75, 3.05) is 0 Å². The Balaban J connectivity index is 1.94. The Bertz CT molecular complexity index is 594. The molecule has 0 amide bonds. The molecule has 3 rings (SSSR count). The lowest BCUT2D eigenvalue weighted by molar-refractivity contribution is -0.163. The van der Waals surface area contributed by atoms with Crippen molar-refractivity contribution < 1.29 is 14.6 Å². The van der Waals surface area contributed by atoms with E-state index in [0.717, 1.165) is 31.2 Å². The lowest BCUT2D eigenvalue weighted by Gasteiger charge is -2.40.